The second-order valence-electron chi connectivity index (χ2n) is 7.75. The van der Waals surface area contributed by atoms with Crippen molar-refractivity contribution in [1.29, 1.82) is 0 Å². The molecule has 2 aromatic heterocycles. The van der Waals surface area contributed by atoms with Crippen LogP contribution in [-0.2, 0) is 24.2 Å². The first-order valence-corrected chi connectivity index (χ1v) is 10.1. The molecule has 5 rings (SSSR count). The number of hydrazone groups is 1. The second kappa shape index (κ2) is 7.31. The van der Waals surface area contributed by atoms with Crippen molar-refractivity contribution in [2.75, 3.05) is 13.1 Å². The van der Waals surface area contributed by atoms with E-state index in [1.165, 1.54) is 48.8 Å². The quantitative estimate of drug-likeness (QED) is 0.801. The van der Waals surface area contributed by atoms with Gasteiger partial charge in [0.2, 0.25) is 0 Å². The number of nitrogens with zero attached hydrogens (tertiary/aromatic N) is 4. The molecule has 0 unspecified atom stereocenters. The number of aryl methyl sites for hydroxylation is 1. The van der Waals surface area contributed by atoms with Crippen LogP contribution in [0.3, 0.4) is 0 Å². The molecule has 4 heterocycles. The number of amides is 1. The van der Waals surface area contributed by atoms with E-state index in [2.05, 4.69) is 30.4 Å². The van der Waals surface area contributed by atoms with Crippen LogP contribution in [0.4, 0.5) is 0 Å². The van der Waals surface area contributed by atoms with Crippen LogP contribution in [0.25, 0.3) is 6.08 Å². The van der Waals surface area contributed by atoms with Gasteiger partial charge in [0, 0.05) is 35.9 Å². The summed E-state index contributed by atoms with van der Waals surface area (Å²) in [4.78, 5) is 26.8. The number of hydrogen-bond acceptors (Lipinski definition) is 5. The van der Waals surface area contributed by atoms with Gasteiger partial charge in [-0.3, -0.25) is 9.69 Å². The van der Waals surface area contributed by atoms with Gasteiger partial charge in [0.05, 0.1) is 5.57 Å². The molecular formula is C21H24N6O. The number of fused-ring (bicyclic) bond motifs is 1. The summed E-state index contributed by atoms with van der Waals surface area (Å²) >= 11 is 0. The van der Waals surface area contributed by atoms with E-state index in [0.717, 1.165) is 43.7 Å². The van der Waals surface area contributed by atoms with E-state index >= 15 is 0 Å². The molecule has 0 aromatic carbocycles. The molecule has 0 atom stereocenters. The number of hydrogen-bond donors (Lipinski definition) is 2. The van der Waals surface area contributed by atoms with Crippen LogP contribution in [0.5, 0.6) is 0 Å². The van der Waals surface area contributed by atoms with Crippen LogP contribution in [-0.4, -0.2) is 44.6 Å². The molecular weight excluding hydrogens is 352 g/mol. The van der Waals surface area contributed by atoms with Gasteiger partial charge in [-0.2, -0.15) is 5.10 Å². The molecule has 2 N–H and O–H groups in total. The van der Waals surface area contributed by atoms with Gasteiger partial charge in [-0.05, 0) is 68.8 Å². The Morgan fingerprint density at radius 1 is 1.07 bits per heavy atom. The lowest BCUT2D eigenvalue weighted by atomic mass is 9.93. The maximum Gasteiger partial charge on any atom is 0.273 e. The maximum atomic E-state index is 12.5. The molecule has 3 aliphatic rings. The molecule has 28 heavy (non-hydrogen) atoms. The zero-order valence-corrected chi connectivity index (χ0v) is 15.9. The van der Waals surface area contributed by atoms with Gasteiger partial charge in [-0.1, -0.05) is 0 Å². The molecule has 1 aliphatic carbocycles. The lowest BCUT2D eigenvalue weighted by molar-refractivity contribution is -0.116. The third-order valence-electron chi connectivity index (χ3n) is 5.91. The molecule has 7 heteroatoms. The van der Waals surface area contributed by atoms with Crippen molar-refractivity contribution in [3.63, 3.8) is 0 Å². The van der Waals surface area contributed by atoms with Crippen molar-refractivity contribution in [2.45, 2.75) is 45.1 Å². The molecule has 0 radical (unpaired) electrons. The Bertz CT molecular complexity index is 953. The molecule has 0 spiro atoms. The molecule has 0 bridgehead atoms. The molecule has 2 aliphatic heterocycles. The van der Waals surface area contributed by atoms with Crippen LogP contribution in [0, 0.1) is 0 Å². The number of carbonyl (C=O) groups excluding carboxylic acids is 1. The Kier molecular flexibility index (Phi) is 4.52. The Morgan fingerprint density at radius 3 is 2.68 bits per heavy atom. The van der Waals surface area contributed by atoms with Crippen molar-refractivity contribution in [3.05, 3.63) is 52.4 Å². The van der Waals surface area contributed by atoms with E-state index in [0.29, 0.717) is 11.3 Å². The second-order valence-corrected chi connectivity index (χ2v) is 7.75. The third-order valence-corrected chi connectivity index (χ3v) is 5.91. The highest BCUT2D eigenvalue weighted by Crippen LogP contribution is 2.31. The average molecular weight is 376 g/mol. The fraction of sp³-hybridized carbons (Fsp3) is 0.429. The van der Waals surface area contributed by atoms with Gasteiger partial charge in [0.25, 0.3) is 5.91 Å². The lowest BCUT2D eigenvalue weighted by Gasteiger charge is -2.18. The number of rotatable bonds is 4. The summed E-state index contributed by atoms with van der Waals surface area (Å²) in [7, 11) is 0. The molecule has 0 saturated carbocycles. The smallest absolute Gasteiger partial charge is 0.273 e. The summed E-state index contributed by atoms with van der Waals surface area (Å²) < 4.78 is 0. The topological polar surface area (TPSA) is 86.3 Å². The zero-order chi connectivity index (χ0) is 18.9. The van der Waals surface area contributed by atoms with Gasteiger partial charge >= 0.3 is 0 Å². The van der Waals surface area contributed by atoms with Crippen LogP contribution >= 0.6 is 0 Å². The van der Waals surface area contributed by atoms with Crippen molar-refractivity contribution < 1.29 is 4.79 Å². The summed E-state index contributed by atoms with van der Waals surface area (Å²) in [5.74, 6) is -0.182. The lowest BCUT2D eigenvalue weighted by Crippen LogP contribution is -2.20. The van der Waals surface area contributed by atoms with Gasteiger partial charge in [-0.15, -0.1) is 0 Å². The number of H-pyrrole nitrogens is 1. The molecule has 144 valence electrons. The van der Waals surface area contributed by atoms with Crippen molar-refractivity contribution in [1.82, 2.24) is 25.3 Å². The van der Waals surface area contributed by atoms with E-state index in [1.807, 2.05) is 6.08 Å². The van der Waals surface area contributed by atoms with Gasteiger partial charge in [0.15, 0.2) is 0 Å². The predicted octanol–water partition coefficient (Wildman–Crippen LogP) is 2.20. The first-order chi connectivity index (χ1) is 13.8. The first-order valence-electron chi connectivity index (χ1n) is 10.1. The SMILES string of the molecule is O=C1NN=C(c2cncnc2)/C1=C\c1[nH]c2c(c1CN1CCCC1)CCCC2. The van der Waals surface area contributed by atoms with Crippen LogP contribution in [0.2, 0.25) is 0 Å². The van der Waals surface area contributed by atoms with E-state index in [-0.39, 0.29) is 5.91 Å². The van der Waals surface area contributed by atoms with Gasteiger partial charge in [0.1, 0.15) is 12.0 Å². The molecule has 1 fully saturated rings. The van der Waals surface area contributed by atoms with E-state index in [4.69, 9.17) is 0 Å². The molecule has 1 amide bonds. The highest BCUT2D eigenvalue weighted by molar-refractivity contribution is 6.33. The van der Waals surface area contributed by atoms with E-state index in [1.54, 1.807) is 12.4 Å². The Hall–Kier alpha value is -2.80. The summed E-state index contributed by atoms with van der Waals surface area (Å²) in [5, 5.41) is 4.22. The summed E-state index contributed by atoms with van der Waals surface area (Å²) in [6, 6.07) is 0. The minimum absolute atomic E-state index is 0.182. The third kappa shape index (κ3) is 3.16. The molecule has 2 aromatic rings. The molecule has 1 saturated heterocycles. The highest BCUT2D eigenvalue weighted by atomic mass is 16.2. The number of aromatic nitrogens is 3. The average Bonchev–Trinajstić information content (AvgIpc) is 3.45. The summed E-state index contributed by atoms with van der Waals surface area (Å²) in [5.41, 5.74) is 9.71. The van der Waals surface area contributed by atoms with Crippen LogP contribution in [0.1, 0.15) is 53.8 Å². The van der Waals surface area contributed by atoms with Crippen LogP contribution in [0.15, 0.2) is 29.4 Å². The van der Waals surface area contributed by atoms with Crippen molar-refractivity contribution in [2.24, 2.45) is 5.10 Å². The zero-order valence-electron chi connectivity index (χ0n) is 15.9. The van der Waals surface area contributed by atoms with Crippen molar-refractivity contribution >= 4 is 17.7 Å². The maximum absolute atomic E-state index is 12.5. The standard InChI is InChI=1S/C21H24N6O/c28-21-16(20(25-26-21)14-10-22-13-23-11-14)9-19-17(12-27-7-3-4-8-27)15-5-1-2-6-18(15)24-19/h9-11,13,24H,1-8,12H2,(H,26,28)/b16-9+. The number of aromatic amines is 1. The summed E-state index contributed by atoms with van der Waals surface area (Å²) in [6.07, 6.45) is 14.0. The van der Waals surface area contributed by atoms with Crippen molar-refractivity contribution in [3.8, 4) is 0 Å². The largest absolute Gasteiger partial charge is 0.358 e. The van der Waals surface area contributed by atoms with E-state index in [9.17, 15) is 4.79 Å². The Morgan fingerprint density at radius 2 is 1.86 bits per heavy atom. The van der Waals surface area contributed by atoms with Crippen LogP contribution < -0.4 is 5.43 Å². The predicted molar refractivity (Wildman–Crippen MR) is 107 cm³/mol. The van der Waals surface area contributed by atoms with Gasteiger partial charge in [-0.25, -0.2) is 15.4 Å². The monoisotopic (exact) mass is 376 g/mol. The fourth-order valence-corrected chi connectivity index (χ4v) is 4.50. The van der Waals surface area contributed by atoms with E-state index < -0.39 is 0 Å². The first kappa shape index (κ1) is 17.3. The number of carbonyl (C=O) groups is 1. The minimum atomic E-state index is -0.182. The number of likely N-dealkylation sites (tertiary alicyclic amines) is 1. The normalized spacial score (nSPS) is 21.1. The summed E-state index contributed by atoms with van der Waals surface area (Å²) in [6.45, 7) is 3.27. The fourth-order valence-electron chi connectivity index (χ4n) is 4.50. The Balaban J connectivity index is 1.55. The minimum Gasteiger partial charge on any atom is -0.358 e. The Labute approximate surface area is 164 Å². The van der Waals surface area contributed by atoms with Gasteiger partial charge < -0.3 is 4.98 Å². The number of nitrogens with one attached hydrogen (secondary N) is 2. The highest BCUT2D eigenvalue weighted by Gasteiger charge is 2.27. The molecule has 7 nitrogen and oxygen atoms in total.